The molecule has 0 aliphatic carbocycles. The maximum absolute atomic E-state index is 13.1. The van der Waals surface area contributed by atoms with E-state index in [0.717, 1.165) is 11.3 Å². The second kappa shape index (κ2) is 7.22. The van der Waals surface area contributed by atoms with Crippen LogP contribution in [0.15, 0.2) is 53.7 Å². The van der Waals surface area contributed by atoms with E-state index in [1.807, 2.05) is 31.2 Å². The molecule has 0 bridgehead atoms. The number of aromatic nitrogens is 4. The van der Waals surface area contributed by atoms with Gasteiger partial charge in [-0.1, -0.05) is 35.5 Å². The van der Waals surface area contributed by atoms with Crippen molar-refractivity contribution < 1.29 is 9.18 Å². The predicted octanol–water partition coefficient (Wildman–Crippen LogP) is 2.84. The fraction of sp³-hybridized carbons (Fsp3) is 0.125. The van der Waals surface area contributed by atoms with Gasteiger partial charge >= 0.3 is 0 Å². The van der Waals surface area contributed by atoms with Crippen molar-refractivity contribution in [3.63, 3.8) is 0 Å². The summed E-state index contributed by atoms with van der Waals surface area (Å²) in [4.78, 5) is 12.0. The Hall–Kier alpha value is -2.74. The van der Waals surface area contributed by atoms with E-state index in [9.17, 15) is 9.18 Å². The van der Waals surface area contributed by atoms with Crippen LogP contribution in [0.4, 0.5) is 10.1 Å². The summed E-state index contributed by atoms with van der Waals surface area (Å²) in [5.74, 6) is -0.546. The van der Waals surface area contributed by atoms with Gasteiger partial charge < -0.3 is 5.32 Å². The summed E-state index contributed by atoms with van der Waals surface area (Å²) in [6, 6.07) is 13.5. The Morgan fingerprint density at radius 1 is 1.25 bits per heavy atom. The molecule has 3 aromatic rings. The molecule has 1 aromatic heterocycles. The van der Waals surface area contributed by atoms with Crippen molar-refractivity contribution in [2.75, 3.05) is 11.1 Å². The van der Waals surface area contributed by atoms with Crippen LogP contribution in [0.2, 0.25) is 0 Å². The number of rotatable bonds is 5. The van der Waals surface area contributed by atoms with Gasteiger partial charge in [0.25, 0.3) is 0 Å². The van der Waals surface area contributed by atoms with Crippen molar-refractivity contribution in [3.8, 4) is 5.69 Å². The van der Waals surface area contributed by atoms with Gasteiger partial charge in [-0.25, -0.2) is 4.39 Å². The van der Waals surface area contributed by atoms with Crippen LogP contribution in [-0.2, 0) is 4.79 Å². The van der Waals surface area contributed by atoms with Gasteiger partial charge in [0.15, 0.2) is 0 Å². The van der Waals surface area contributed by atoms with Gasteiger partial charge in [-0.15, -0.1) is 5.10 Å². The third-order valence-electron chi connectivity index (χ3n) is 3.16. The molecule has 0 unspecified atom stereocenters. The summed E-state index contributed by atoms with van der Waals surface area (Å²) in [6.45, 7) is 2.00. The average molecular weight is 343 g/mol. The van der Waals surface area contributed by atoms with Crippen molar-refractivity contribution in [1.29, 1.82) is 0 Å². The molecule has 1 amide bonds. The summed E-state index contributed by atoms with van der Waals surface area (Å²) < 4.78 is 14.7. The van der Waals surface area contributed by atoms with Gasteiger partial charge in [0.05, 0.1) is 11.4 Å². The summed E-state index contributed by atoms with van der Waals surface area (Å²) in [5, 5.41) is 14.7. The van der Waals surface area contributed by atoms with E-state index in [-0.39, 0.29) is 11.7 Å². The molecule has 0 aliphatic rings. The number of aryl methyl sites for hydroxylation is 1. The lowest BCUT2D eigenvalue weighted by Gasteiger charge is -2.06. The summed E-state index contributed by atoms with van der Waals surface area (Å²) >= 11 is 1.21. The number of tetrazole rings is 1. The number of halogens is 1. The second-order valence-electron chi connectivity index (χ2n) is 5.06. The molecule has 0 saturated carbocycles. The zero-order valence-electron chi connectivity index (χ0n) is 12.8. The molecular weight excluding hydrogens is 329 g/mol. The van der Waals surface area contributed by atoms with Crippen molar-refractivity contribution >= 4 is 23.4 Å². The smallest absolute Gasteiger partial charge is 0.234 e. The highest BCUT2D eigenvalue weighted by Gasteiger charge is 2.11. The number of nitrogens with zero attached hydrogens (tertiary/aromatic N) is 4. The summed E-state index contributed by atoms with van der Waals surface area (Å²) in [5.41, 5.74) is 2.37. The molecule has 8 heteroatoms. The molecule has 0 saturated heterocycles. The minimum atomic E-state index is -0.399. The molecule has 1 N–H and O–H groups in total. The Kier molecular flexibility index (Phi) is 4.85. The molecule has 24 heavy (non-hydrogen) atoms. The number of hydrogen-bond acceptors (Lipinski definition) is 5. The Morgan fingerprint density at radius 3 is 2.79 bits per heavy atom. The lowest BCUT2D eigenvalue weighted by Crippen LogP contribution is -2.14. The first-order valence-electron chi connectivity index (χ1n) is 7.15. The van der Waals surface area contributed by atoms with E-state index < -0.39 is 5.82 Å². The largest absolute Gasteiger partial charge is 0.325 e. The fourth-order valence-corrected chi connectivity index (χ4v) is 2.70. The van der Waals surface area contributed by atoms with Crippen LogP contribution in [0, 0.1) is 12.7 Å². The molecule has 0 fully saturated rings. The molecule has 2 aromatic carbocycles. The molecule has 1 heterocycles. The number of amides is 1. The zero-order chi connectivity index (χ0) is 16.9. The fourth-order valence-electron chi connectivity index (χ4n) is 2.01. The summed E-state index contributed by atoms with van der Waals surface area (Å²) in [6.07, 6.45) is 0. The number of carbonyl (C=O) groups excluding carboxylic acids is 1. The van der Waals surface area contributed by atoms with Gasteiger partial charge in [0.2, 0.25) is 11.1 Å². The number of nitrogens with one attached hydrogen (secondary N) is 1. The number of carbonyl (C=O) groups is 1. The van der Waals surface area contributed by atoms with Crippen molar-refractivity contribution in [1.82, 2.24) is 20.2 Å². The second-order valence-corrected chi connectivity index (χ2v) is 6.00. The first-order valence-corrected chi connectivity index (χ1v) is 8.14. The highest BCUT2D eigenvalue weighted by molar-refractivity contribution is 7.99. The number of benzene rings is 2. The SMILES string of the molecule is Cc1ccc(-n2nnnc2SCC(=O)Nc2cccc(F)c2)cc1. The van der Waals surface area contributed by atoms with E-state index >= 15 is 0 Å². The quantitative estimate of drug-likeness (QED) is 0.721. The standard InChI is InChI=1S/C16H14FN5OS/c1-11-5-7-14(8-6-11)22-16(19-20-21-22)24-10-15(23)18-13-4-2-3-12(17)9-13/h2-9H,10H2,1H3,(H,18,23). The molecule has 3 rings (SSSR count). The van der Waals surface area contributed by atoms with Gasteiger partial charge in [0, 0.05) is 5.69 Å². The average Bonchev–Trinajstić information content (AvgIpc) is 3.02. The third-order valence-corrected chi connectivity index (χ3v) is 4.08. The first kappa shape index (κ1) is 16.1. The first-order chi connectivity index (χ1) is 11.6. The van der Waals surface area contributed by atoms with Crippen molar-refractivity contribution in [3.05, 3.63) is 59.9 Å². The van der Waals surface area contributed by atoms with Crippen LogP contribution in [-0.4, -0.2) is 31.9 Å². The van der Waals surface area contributed by atoms with Crippen LogP contribution in [0.25, 0.3) is 5.69 Å². The molecule has 0 spiro atoms. The Bertz CT molecular complexity index is 850. The van der Waals surface area contributed by atoms with E-state index in [0.29, 0.717) is 10.8 Å². The van der Waals surface area contributed by atoms with Crippen LogP contribution >= 0.6 is 11.8 Å². The van der Waals surface area contributed by atoms with Crippen molar-refractivity contribution in [2.24, 2.45) is 0 Å². The number of anilines is 1. The van der Waals surface area contributed by atoms with Crippen LogP contribution in [0.5, 0.6) is 0 Å². The molecule has 0 aliphatic heterocycles. The Labute approximate surface area is 142 Å². The van der Waals surface area contributed by atoms with Gasteiger partial charge in [-0.05, 0) is 47.7 Å². The summed E-state index contributed by atoms with van der Waals surface area (Å²) in [7, 11) is 0. The lowest BCUT2D eigenvalue weighted by molar-refractivity contribution is -0.113. The Balaban J connectivity index is 1.64. The highest BCUT2D eigenvalue weighted by atomic mass is 32.2. The van der Waals surface area contributed by atoms with Crippen LogP contribution < -0.4 is 5.32 Å². The maximum atomic E-state index is 13.1. The minimum absolute atomic E-state index is 0.114. The van der Waals surface area contributed by atoms with E-state index in [1.54, 1.807) is 10.7 Å². The highest BCUT2D eigenvalue weighted by Crippen LogP contribution is 2.19. The minimum Gasteiger partial charge on any atom is -0.325 e. The Morgan fingerprint density at radius 2 is 2.04 bits per heavy atom. The van der Waals surface area contributed by atoms with Crippen LogP contribution in [0.3, 0.4) is 0 Å². The van der Waals surface area contributed by atoms with E-state index in [1.165, 1.54) is 30.0 Å². The van der Waals surface area contributed by atoms with Crippen molar-refractivity contribution in [2.45, 2.75) is 12.1 Å². The topological polar surface area (TPSA) is 72.7 Å². The number of thioether (sulfide) groups is 1. The third kappa shape index (κ3) is 3.96. The molecule has 122 valence electrons. The maximum Gasteiger partial charge on any atom is 0.234 e. The van der Waals surface area contributed by atoms with Crippen LogP contribution in [0.1, 0.15) is 5.56 Å². The van der Waals surface area contributed by atoms with Gasteiger partial charge in [0.1, 0.15) is 5.82 Å². The molecular formula is C16H14FN5OS. The molecule has 6 nitrogen and oxygen atoms in total. The predicted molar refractivity (Wildman–Crippen MR) is 89.6 cm³/mol. The lowest BCUT2D eigenvalue weighted by atomic mass is 10.2. The van der Waals surface area contributed by atoms with Gasteiger partial charge in [-0.2, -0.15) is 4.68 Å². The molecule has 0 radical (unpaired) electrons. The number of hydrogen-bond donors (Lipinski definition) is 1. The van der Waals surface area contributed by atoms with E-state index in [4.69, 9.17) is 0 Å². The van der Waals surface area contributed by atoms with E-state index in [2.05, 4.69) is 20.8 Å². The molecule has 0 atom stereocenters. The monoisotopic (exact) mass is 343 g/mol. The normalized spacial score (nSPS) is 10.6. The zero-order valence-corrected chi connectivity index (χ0v) is 13.6. The van der Waals surface area contributed by atoms with Gasteiger partial charge in [-0.3, -0.25) is 4.79 Å².